The van der Waals surface area contributed by atoms with Crippen molar-refractivity contribution in [2.24, 2.45) is 0 Å². The average molecular weight is 436 g/mol. The van der Waals surface area contributed by atoms with Crippen molar-refractivity contribution in [1.29, 1.82) is 0 Å². The second-order valence-corrected chi connectivity index (χ2v) is 6.59. The van der Waals surface area contributed by atoms with Gasteiger partial charge in [0, 0.05) is 17.4 Å². The van der Waals surface area contributed by atoms with Gasteiger partial charge >= 0.3 is 11.9 Å². The van der Waals surface area contributed by atoms with E-state index in [2.05, 4.69) is 20.1 Å². The summed E-state index contributed by atoms with van der Waals surface area (Å²) in [6, 6.07) is 21.7. The molecule has 3 aromatic carbocycles. The fourth-order valence-electron chi connectivity index (χ4n) is 2.65. The molecule has 0 aliphatic carbocycles. The molecule has 0 saturated carbocycles. The van der Waals surface area contributed by atoms with Crippen molar-refractivity contribution in [3.05, 3.63) is 72.8 Å². The van der Waals surface area contributed by atoms with Crippen LogP contribution in [0, 0.1) is 0 Å². The second kappa shape index (κ2) is 11.3. The van der Waals surface area contributed by atoms with Crippen LogP contribution in [0.5, 0.6) is 23.0 Å². The molecule has 8 heteroatoms. The zero-order valence-electron chi connectivity index (χ0n) is 17.8. The molecular weight excluding hydrogens is 412 g/mol. The predicted octanol–water partition coefficient (Wildman–Crippen LogP) is 4.44. The first-order valence-electron chi connectivity index (χ1n) is 9.83. The molecular formula is C24H24N2O6. The van der Waals surface area contributed by atoms with Crippen LogP contribution in [0.15, 0.2) is 72.8 Å². The zero-order valence-corrected chi connectivity index (χ0v) is 17.8. The first kappa shape index (κ1) is 22.5. The van der Waals surface area contributed by atoms with Crippen LogP contribution >= 0.6 is 0 Å². The molecule has 8 nitrogen and oxygen atoms in total. The number of ether oxygens (including phenoxy) is 4. The van der Waals surface area contributed by atoms with Crippen molar-refractivity contribution in [1.82, 2.24) is 0 Å². The number of rotatable bonds is 10. The van der Waals surface area contributed by atoms with Crippen LogP contribution in [0.2, 0.25) is 0 Å². The van der Waals surface area contributed by atoms with Gasteiger partial charge in [-0.1, -0.05) is 6.07 Å². The van der Waals surface area contributed by atoms with Gasteiger partial charge in [0.15, 0.2) is 0 Å². The maximum absolute atomic E-state index is 11.2. The van der Waals surface area contributed by atoms with Crippen LogP contribution in [0.3, 0.4) is 0 Å². The number of hydrogen-bond acceptors (Lipinski definition) is 8. The number of esters is 2. The highest BCUT2D eigenvalue weighted by atomic mass is 16.5. The molecule has 0 heterocycles. The highest BCUT2D eigenvalue weighted by Gasteiger charge is 2.04. The summed E-state index contributed by atoms with van der Waals surface area (Å²) in [6.45, 7) is 0.191. The van der Waals surface area contributed by atoms with E-state index in [1.807, 2.05) is 42.5 Å². The van der Waals surface area contributed by atoms with Gasteiger partial charge < -0.3 is 29.6 Å². The Kier molecular flexibility index (Phi) is 7.91. The molecule has 3 aromatic rings. The number of benzene rings is 3. The van der Waals surface area contributed by atoms with Gasteiger partial charge in [-0.3, -0.25) is 9.59 Å². The molecule has 32 heavy (non-hydrogen) atoms. The lowest BCUT2D eigenvalue weighted by Crippen LogP contribution is -2.14. The van der Waals surface area contributed by atoms with Crippen LogP contribution in [-0.4, -0.2) is 39.2 Å². The summed E-state index contributed by atoms with van der Waals surface area (Å²) in [5.41, 5.74) is 1.56. The van der Waals surface area contributed by atoms with E-state index in [0.717, 1.165) is 11.4 Å². The van der Waals surface area contributed by atoms with E-state index >= 15 is 0 Å². The van der Waals surface area contributed by atoms with Crippen molar-refractivity contribution in [2.45, 2.75) is 0 Å². The SMILES string of the molecule is COC(=O)CNc1ccc(Oc2cccc(Oc3ccc(NCC(=O)OC)cc3)c2)cc1. The molecule has 0 aliphatic rings. The van der Waals surface area contributed by atoms with Crippen molar-refractivity contribution >= 4 is 23.3 Å². The number of nitrogens with one attached hydrogen (secondary N) is 2. The minimum Gasteiger partial charge on any atom is -0.468 e. The van der Waals surface area contributed by atoms with Gasteiger partial charge in [-0.2, -0.15) is 0 Å². The lowest BCUT2D eigenvalue weighted by molar-refractivity contribution is -0.139. The normalized spacial score (nSPS) is 10.1. The average Bonchev–Trinajstić information content (AvgIpc) is 2.83. The first-order chi connectivity index (χ1) is 15.6. The van der Waals surface area contributed by atoms with Crippen LogP contribution < -0.4 is 20.1 Å². The van der Waals surface area contributed by atoms with E-state index < -0.39 is 0 Å². The Balaban J connectivity index is 1.56. The molecule has 0 atom stereocenters. The topological polar surface area (TPSA) is 95.1 Å². The van der Waals surface area contributed by atoms with Crippen LogP contribution in [0.4, 0.5) is 11.4 Å². The number of anilines is 2. The number of carbonyl (C=O) groups excluding carboxylic acids is 2. The quantitative estimate of drug-likeness (QED) is 0.451. The third-order valence-electron chi connectivity index (χ3n) is 4.31. The van der Waals surface area contributed by atoms with E-state index in [4.69, 9.17) is 9.47 Å². The van der Waals surface area contributed by atoms with Crippen LogP contribution in [0.25, 0.3) is 0 Å². The van der Waals surface area contributed by atoms with E-state index in [-0.39, 0.29) is 25.0 Å². The molecule has 0 fully saturated rings. The maximum atomic E-state index is 11.2. The van der Waals surface area contributed by atoms with Gasteiger partial charge in [-0.05, 0) is 60.7 Å². The fourth-order valence-corrected chi connectivity index (χ4v) is 2.65. The van der Waals surface area contributed by atoms with Gasteiger partial charge in [-0.25, -0.2) is 0 Å². The van der Waals surface area contributed by atoms with E-state index in [0.29, 0.717) is 23.0 Å². The Morgan fingerprint density at radius 2 is 1.03 bits per heavy atom. The molecule has 0 aromatic heterocycles. The molecule has 0 amide bonds. The summed E-state index contributed by atoms with van der Waals surface area (Å²) in [4.78, 5) is 22.4. The van der Waals surface area contributed by atoms with Crippen LogP contribution in [0.1, 0.15) is 0 Å². The lowest BCUT2D eigenvalue weighted by Gasteiger charge is -2.11. The molecule has 0 saturated heterocycles. The molecule has 0 radical (unpaired) electrons. The molecule has 0 unspecified atom stereocenters. The summed E-state index contributed by atoms with van der Waals surface area (Å²) in [5.74, 6) is 1.85. The van der Waals surface area contributed by atoms with E-state index in [9.17, 15) is 9.59 Å². The number of methoxy groups -OCH3 is 2. The Hall–Kier alpha value is -4.20. The van der Waals surface area contributed by atoms with E-state index in [1.54, 1.807) is 30.3 Å². The zero-order chi connectivity index (χ0) is 22.8. The summed E-state index contributed by atoms with van der Waals surface area (Å²) in [6.07, 6.45) is 0. The third kappa shape index (κ3) is 6.94. The molecule has 0 aliphatic heterocycles. The van der Waals surface area contributed by atoms with E-state index in [1.165, 1.54) is 14.2 Å². The summed E-state index contributed by atoms with van der Waals surface area (Å²) >= 11 is 0. The Bertz CT molecular complexity index is 954. The van der Waals surface area contributed by atoms with Gasteiger partial charge in [0.25, 0.3) is 0 Å². The van der Waals surface area contributed by atoms with Gasteiger partial charge in [0.05, 0.1) is 14.2 Å². The minimum atomic E-state index is -0.339. The number of hydrogen-bond donors (Lipinski definition) is 2. The Labute approximate surface area is 186 Å². The van der Waals surface area contributed by atoms with Gasteiger partial charge in [-0.15, -0.1) is 0 Å². The standard InChI is InChI=1S/C24H24N2O6/c1-29-23(27)15-25-17-6-10-19(11-7-17)31-21-4-3-5-22(14-21)32-20-12-8-18(9-13-20)26-16-24(28)30-2/h3-14,25-26H,15-16H2,1-2H3. The monoisotopic (exact) mass is 436 g/mol. The minimum absolute atomic E-state index is 0.0956. The highest BCUT2D eigenvalue weighted by molar-refractivity contribution is 5.75. The molecule has 0 bridgehead atoms. The largest absolute Gasteiger partial charge is 0.468 e. The lowest BCUT2D eigenvalue weighted by atomic mass is 10.2. The molecule has 166 valence electrons. The number of carbonyl (C=O) groups is 2. The molecule has 3 rings (SSSR count). The van der Waals surface area contributed by atoms with Crippen LogP contribution in [-0.2, 0) is 19.1 Å². The predicted molar refractivity (Wildman–Crippen MR) is 120 cm³/mol. The summed E-state index contributed by atoms with van der Waals surface area (Å²) in [5, 5.41) is 5.93. The smallest absolute Gasteiger partial charge is 0.325 e. The van der Waals surface area contributed by atoms with Crippen molar-refractivity contribution < 1.29 is 28.5 Å². The second-order valence-electron chi connectivity index (χ2n) is 6.59. The first-order valence-corrected chi connectivity index (χ1v) is 9.83. The maximum Gasteiger partial charge on any atom is 0.325 e. The summed E-state index contributed by atoms with van der Waals surface area (Å²) in [7, 11) is 2.69. The fraction of sp³-hybridized carbons (Fsp3) is 0.167. The molecule has 2 N–H and O–H groups in total. The summed E-state index contributed by atoms with van der Waals surface area (Å²) < 4.78 is 21.0. The Morgan fingerprint density at radius 3 is 1.41 bits per heavy atom. The van der Waals surface area contributed by atoms with Gasteiger partial charge in [0.2, 0.25) is 0 Å². The third-order valence-corrected chi connectivity index (χ3v) is 4.31. The molecule has 0 spiro atoms. The van der Waals surface area contributed by atoms with Gasteiger partial charge in [0.1, 0.15) is 36.1 Å². The van der Waals surface area contributed by atoms with Crippen molar-refractivity contribution in [3.63, 3.8) is 0 Å². The Morgan fingerprint density at radius 1 is 0.625 bits per heavy atom. The highest BCUT2D eigenvalue weighted by Crippen LogP contribution is 2.29. The van der Waals surface area contributed by atoms with Crippen molar-refractivity contribution in [3.8, 4) is 23.0 Å². The van der Waals surface area contributed by atoms with Crippen molar-refractivity contribution in [2.75, 3.05) is 37.9 Å².